The van der Waals surface area contributed by atoms with Gasteiger partial charge in [0, 0.05) is 11.1 Å². The molecular weight excluding hydrogens is 313 g/mol. The summed E-state index contributed by atoms with van der Waals surface area (Å²) in [6.45, 7) is 1.43. The lowest BCUT2D eigenvalue weighted by Crippen LogP contribution is -2.34. The van der Waals surface area contributed by atoms with E-state index in [2.05, 4.69) is 15.8 Å². The molecule has 2 amide bonds. The van der Waals surface area contributed by atoms with Gasteiger partial charge >= 0.3 is 0 Å². The van der Waals surface area contributed by atoms with Crippen molar-refractivity contribution in [3.8, 4) is 5.75 Å². The lowest BCUT2D eigenvalue weighted by molar-refractivity contribution is -0.120. The molecule has 0 saturated carbocycles. The standard InChI is InChI=1S/C17H16FN3O3/c1-11-4-2-6-13(16(11)23)9-20-21-15(22)10-19-17(24)12-5-3-7-14(18)8-12/h2-9,23H,10H2,1H3,(H,19,24)(H,21,22). The van der Waals surface area contributed by atoms with E-state index in [0.717, 1.165) is 6.07 Å². The second-order valence-corrected chi connectivity index (χ2v) is 5.00. The number of halogens is 1. The normalized spacial score (nSPS) is 10.6. The summed E-state index contributed by atoms with van der Waals surface area (Å²) in [7, 11) is 0. The van der Waals surface area contributed by atoms with Gasteiger partial charge in [-0.2, -0.15) is 5.10 Å². The minimum Gasteiger partial charge on any atom is -0.507 e. The van der Waals surface area contributed by atoms with Gasteiger partial charge in [-0.15, -0.1) is 0 Å². The SMILES string of the molecule is Cc1cccc(C=NNC(=O)CNC(=O)c2cccc(F)c2)c1O. The number of aromatic hydroxyl groups is 1. The number of phenols is 1. The van der Waals surface area contributed by atoms with Crippen LogP contribution in [0, 0.1) is 12.7 Å². The van der Waals surface area contributed by atoms with Crippen LogP contribution in [0.3, 0.4) is 0 Å². The summed E-state index contributed by atoms with van der Waals surface area (Å²) < 4.78 is 13.0. The number of nitrogens with zero attached hydrogens (tertiary/aromatic N) is 1. The Bertz CT molecular complexity index is 790. The lowest BCUT2D eigenvalue weighted by Gasteiger charge is -2.05. The van der Waals surface area contributed by atoms with Crippen LogP contribution in [0.1, 0.15) is 21.5 Å². The maximum Gasteiger partial charge on any atom is 0.259 e. The Morgan fingerprint density at radius 3 is 2.75 bits per heavy atom. The van der Waals surface area contributed by atoms with Crippen molar-refractivity contribution in [3.63, 3.8) is 0 Å². The van der Waals surface area contributed by atoms with Crippen LogP contribution >= 0.6 is 0 Å². The van der Waals surface area contributed by atoms with Crippen LogP contribution in [-0.4, -0.2) is 29.7 Å². The fraction of sp³-hybridized carbons (Fsp3) is 0.118. The predicted octanol–water partition coefficient (Wildman–Crippen LogP) is 1.72. The van der Waals surface area contributed by atoms with E-state index in [4.69, 9.17) is 0 Å². The van der Waals surface area contributed by atoms with Crippen molar-refractivity contribution >= 4 is 18.0 Å². The molecule has 0 spiro atoms. The Morgan fingerprint density at radius 1 is 1.25 bits per heavy atom. The van der Waals surface area contributed by atoms with Gasteiger partial charge in [-0.05, 0) is 36.8 Å². The molecule has 0 aliphatic heterocycles. The Hall–Kier alpha value is -3.22. The third kappa shape index (κ3) is 4.64. The number of phenolic OH excluding ortho intramolecular Hbond substituents is 1. The number of benzene rings is 2. The van der Waals surface area contributed by atoms with Crippen molar-refractivity contribution in [2.24, 2.45) is 5.10 Å². The van der Waals surface area contributed by atoms with E-state index in [0.29, 0.717) is 11.1 Å². The number of hydrogen-bond acceptors (Lipinski definition) is 4. The van der Waals surface area contributed by atoms with Crippen LogP contribution in [0.4, 0.5) is 4.39 Å². The highest BCUT2D eigenvalue weighted by Gasteiger charge is 2.08. The molecule has 124 valence electrons. The highest BCUT2D eigenvalue weighted by molar-refractivity contribution is 5.96. The van der Waals surface area contributed by atoms with Crippen LogP contribution in [0.2, 0.25) is 0 Å². The van der Waals surface area contributed by atoms with Crippen molar-refractivity contribution in [3.05, 3.63) is 65.0 Å². The summed E-state index contributed by atoms with van der Waals surface area (Å²) in [6.07, 6.45) is 1.30. The van der Waals surface area contributed by atoms with E-state index >= 15 is 0 Å². The smallest absolute Gasteiger partial charge is 0.259 e. The molecule has 0 saturated heterocycles. The zero-order valence-electron chi connectivity index (χ0n) is 12.9. The molecule has 24 heavy (non-hydrogen) atoms. The third-order valence-electron chi connectivity index (χ3n) is 3.16. The Morgan fingerprint density at radius 2 is 2.00 bits per heavy atom. The van der Waals surface area contributed by atoms with E-state index < -0.39 is 17.6 Å². The summed E-state index contributed by atoms with van der Waals surface area (Å²) in [5.41, 5.74) is 3.49. The Balaban J connectivity index is 1.84. The van der Waals surface area contributed by atoms with E-state index in [1.54, 1.807) is 25.1 Å². The maximum absolute atomic E-state index is 13.0. The Kier molecular flexibility index (Phi) is 5.62. The van der Waals surface area contributed by atoms with Crippen molar-refractivity contribution in [2.45, 2.75) is 6.92 Å². The van der Waals surface area contributed by atoms with Gasteiger partial charge in [0.15, 0.2) is 0 Å². The summed E-state index contributed by atoms with van der Waals surface area (Å²) in [5.74, 6) is -1.57. The van der Waals surface area contributed by atoms with Gasteiger partial charge < -0.3 is 10.4 Å². The monoisotopic (exact) mass is 329 g/mol. The number of carbonyl (C=O) groups is 2. The number of rotatable bonds is 5. The van der Waals surface area contributed by atoms with Crippen LogP contribution in [0.15, 0.2) is 47.6 Å². The largest absolute Gasteiger partial charge is 0.507 e. The van der Waals surface area contributed by atoms with Crippen molar-refractivity contribution in [2.75, 3.05) is 6.54 Å². The Labute approximate surface area is 138 Å². The molecule has 0 aliphatic carbocycles. The zero-order chi connectivity index (χ0) is 17.5. The van der Waals surface area contributed by atoms with Crippen molar-refractivity contribution < 1.29 is 19.1 Å². The predicted molar refractivity (Wildman–Crippen MR) is 87.3 cm³/mol. The molecule has 0 atom stereocenters. The molecule has 0 aliphatic rings. The van der Waals surface area contributed by atoms with E-state index in [-0.39, 0.29) is 17.9 Å². The minimum absolute atomic E-state index is 0.0786. The van der Waals surface area contributed by atoms with Crippen LogP contribution < -0.4 is 10.7 Å². The molecule has 2 rings (SSSR count). The van der Waals surface area contributed by atoms with Crippen molar-refractivity contribution in [1.29, 1.82) is 0 Å². The van der Waals surface area contributed by atoms with Gasteiger partial charge in [0.2, 0.25) is 0 Å². The molecule has 2 aromatic carbocycles. The summed E-state index contributed by atoms with van der Waals surface area (Å²) >= 11 is 0. The summed E-state index contributed by atoms with van der Waals surface area (Å²) in [4.78, 5) is 23.4. The first-order valence-electron chi connectivity index (χ1n) is 7.11. The van der Waals surface area contributed by atoms with Crippen LogP contribution in [-0.2, 0) is 4.79 Å². The van der Waals surface area contributed by atoms with Gasteiger partial charge in [-0.3, -0.25) is 9.59 Å². The van der Waals surface area contributed by atoms with Gasteiger partial charge in [-0.1, -0.05) is 18.2 Å². The number of hydrogen-bond donors (Lipinski definition) is 3. The molecule has 7 heteroatoms. The molecule has 0 bridgehead atoms. The van der Waals surface area contributed by atoms with Crippen LogP contribution in [0.5, 0.6) is 5.75 Å². The first-order valence-corrected chi connectivity index (χ1v) is 7.11. The number of hydrazone groups is 1. The minimum atomic E-state index is -0.565. The average Bonchev–Trinajstić information content (AvgIpc) is 2.56. The number of para-hydroxylation sites is 1. The number of amides is 2. The maximum atomic E-state index is 13.0. The van der Waals surface area contributed by atoms with Gasteiger partial charge in [0.25, 0.3) is 11.8 Å². The fourth-order valence-corrected chi connectivity index (χ4v) is 1.89. The third-order valence-corrected chi connectivity index (χ3v) is 3.16. The van der Waals surface area contributed by atoms with Gasteiger partial charge in [0.1, 0.15) is 11.6 Å². The number of carbonyl (C=O) groups excluding carboxylic acids is 2. The van der Waals surface area contributed by atoms with Gasteiger partial charge in [0.05, 0.1) is 12.8 Å². The first kappa shape index (κ1) is 17.1. The average molecular weight is 329 g/mol. The second kappa shape index (κ2) is 7.87. The first-order chi connectivity index (χ1) is 11.5. The fourth-order valence-electron chi connectivity index (χ4n) is 1.89. The molecule has 0 unspecified atom stereocenters. The molecule has 0 heterocycles. The number of nitrogens with one attached hydrogen (secondary N) is 2. The van der Waals surface area contributed by atoms with Crippen LogP contribution in [0.25, 0.3) is 0 Å². The highest BCUT2D eigenvalue weighted by Crippen LogP contribution is 2.19. The highest BCUT2D eigenvalue weighted by atomic mass is 19.1. The quantitative estimate of drug-likeness (QED) is 0.576. The van der Waals surface area contributed by atoms with E-state index in [1.165, 1.54) is 24.4 Å². The molecule has 0 aromatic heterocycles. The molecular formula is C17H16FN3O3. The van der Waals surface area contributed by atoms with Gasteiger partial charge in [-0.25, -0.2) is 9.82 Å². The molecule has 2 aromatic rings. The second-order valence-electron chi connectivity index (χ2n) is 5.00. The van der Waals surface area contributed by atoms with E-state index in [9.17, 15) is 19.1 Å². The van der Waals surface area contributed by atoms with E-state index in [1.807, 2.05) is 0 Å². The lowest BCUT2D eigenvalue weighted by atomic mass is 10.1. The molecule has 6 nitrogen and oxygen atoms in total. The summed E-state index contributed by atoms with van der Waals surface area (Å²) in [6, 6.07) is 10.3. The van der Waals surface area contributed by atoms with Crippen molar-refractivity contribution in [1.82, 2.24) is 10.7 Å². The number of aryl methyl sites for hydroxylation is 1. The molecule has 0 fully saturated rings. The summed E-state index contributed by atoms with van der Waals surface area (Å²) in [5, 5.41) is 15.9. The molecule has 3 N–H and O–H groups in total. The topological polar surface area (TPSA) is 90.8 Å². The molecule has 0 radical (unpaired) electrons. The zero-order valence-corrected chi connectivity index (χ0v) is 12.9.